The minimum atomic E-state index is -0.639. The van der Waals surface area contributed by atoms with Crippen LogP contribution in [0.4, 0.5) is 0 Å². The third kappa shape index (κ3) is 3.63. The average molecular weight is 297 g/mol. The number of hydrogen-bond donors (Lipinski definition) is 1. The third-order valence-corrected chi connectivity index (χ3v) is 2.91. The van der Waals surface area contributed by atoms with Gasteiger partial charge in [0.25, 0.3) is 0 Å². The van der Waals surface area contributed by atoms with Crippen molar-refractivity contribution < 1.29 is 14.6 Å². The Kier molecular flexibility index (Phi) is 4.30. The second kappa shape index (κ2) is 5.95. The van der Waals surface area contributed by atoms with Crippen LogP contribution < -0.4 is 0 Å². The number of carbonyl (C=O) groups excluding carboxylic acids is 1. The van der Waals surface area contributed by atoms with Crippen LogP contribution in [0.3, 0.4) is 0 Å². The molecule has 0 fully saturated rings. The van der Waals surface area contributed by atoms with Crippen molar-refractivity contribution in [2.75, 3.05) is 0 Å². The van der Waals surface area contributed by atoms with E-state index in [1.807, 2.05) is 0 Å². The van der Waals surface area contributed by atoms with E-state index < -0.39 is 5.97 Å². The lowest BCUT2D eigenvalue weighted by Crippen LogP contribution is -2.05. The summed E-state index contributed by atoms with van der Waals surface area (Å²) in [7, 11) is 0. The second-order valence-electron chi connectivity index (χ2n) is 3.87. The van der Waals surface area contributed by atoms with E-state index >= 15 is 0 Å². The Morgan fingerprint density at radius 3 is 2.58 bits per heavy atom. The Balaban J connectivity index is 2.07. The predicted octanol–water partition coefficient (Wildman–Crippen LogP) is 4.06. The Morgan fingerprint density at radius 1 is 1.11 bits per heavy atom. The van der Waals surface area contributed by atoms with Crippen molar-refractivity contribution in [3.63, 3.8) is 0 Å². The third-order valence-electron chi connectivity index (χ3n) is 2.44. The lowest BCUT2D eigenvalue weighted by atomic mass is 10.2. The molecule has 0 saturated carbocycles. The van der Waals surface area contributed by atoms with Gasteiger partial charge in [0.2, 0.25) is 0 Å². The molecule has 0 aliphatic carbocycles. The summed E-state index contributed by atoms with van der Waals surface area (Å²) in [6.07, 6.45) is 0. The van der Waals surface area contributed by atoms with Crippen LogP contribution in [0.5, 0.6) is 5.75 Å². The minimum absolute atomic E-state index is 0.0366. The van der Waals surface area contributed by atoms with Crippen molar-refractivity contribution in [1.29, 1.82) is 0 Å². The molecule has 0 aliphatic heterocycles. The van der Waals surface area contributed by atoms with Gasteiger partial charge in [-0.2, -0.15) is 0 Å². The second-order valence-corrected chi connectivity index (χ2v) is 4.74. The van der Waals surface area contributed by atoms with Gasteiger partial charge in [0, 0.05) is 10.0 Å². The number of phenols is 1. The van der Waals surface area contributed by atoms with Crippen LogP contribution in [0, 0.1) is 0 Å². The van der Waals surface area contributed by atoms with Gasteiger partial charge in [0.1, 0.15) is 17.9 Å². The molecule has 98 valence electrons. The van der Waals surface area contributed by atoms with Crippen LogP contribution >= 0.6 is 23.2 Å². The quantitative estimate of drug-likeness (QED) is 0.869. The molecule has 5 heteroatoms. The number of aromatic hydroxyl groups is 1. The summed E-state index contributed by atoms with van der Waals surface area (Å²) in [6, 6.07) is 11.2. The van der Waals surface area contributed by atoms with E-state index in [1.54, 1.807) is 24.3 Å². The molecular formula is C14H10Cl2O3. The fraction of sp³-hybridized carbons (Fsp3) is 0.0714. The molecule has 0 aliphatic rings. The summed E-state index contributed by atoms with van der Waals surface area (Å²) in [5.41, 5.74) is 0.803. The maximum atomic E-state index is 11.8. The first-order valence-electron chi connectivity index (χ1n) is 5.46. The first kappa shape index (κ1) is 13.7. The van der Waals surface area contributed by atoms with E-state index in [0.717, 1.165) is 5.56 Å². The van der Waals surface area contributed by atoms with Crippen LogP contribution in [0.2, 0.25) is 10.0 Å². The standard InChI is InChI=1S/C14H10Cl2O3/c15-10-3-1-2-9(6-10)8-19-14(18)12-7-11(16)4-5-13(12)17/h1-7,17H,8H2. The summed E-state index contributed by atoms with van der Waals surface area (Å²) in [5, 5.41) is 10.5. The summed E-state index contributed by atoms with van der Waals surface area (Å²) in [6.45, 7) is 0.0747. The molecule has 0 atom stereocenters. The lowest BCUT2D eigenvalue weighted by Gasteiger charge is -2.07. The van der Waals surface area contributed by atoms with E-state index in [2.05, 4.69) is 0 Å². The van der Waals surface area contributed by atoms with Crippen LogP contribution in [0.25, 0.3) is 0 Å². The van der Waals surface area contributed by atoms with Gasteiger partial charge in [0.05, 0.1) is 0 Å². The number of carbonyl (C=O) groups is 1. The maximum absolute atomic E-state index is 11.8. The largest absolute Gasteiger partial charge is 0.507 e. The van der Waals surface area contributed by atoms with Crippen LogP contribution in [-0.4, -0.2) is 11.1 Å². The van der Waals surface area contributed by atoms with Crippen molar-refractivity contribution in [1.82, 2.24) is 0 Å². The molecule has 2 rings (SSSR count). The number of ether oxygens (including phenoxy) is 1. The van der Waals surface area contributed by atoms with Crippen molar-refractivity contribution in [2.24, 2.45) is 0 Å². The molecule has 0 heterocycles. The summed E-state index contributed by atoms with van der Waals surface area (Å²) < 4.78 is 5.09. The van der Waals surface area contributed by atoms with Crippen LogP contribution in [-0.2, 0) is 11.3 Å². The zero-order valence-electron chi connectivity index (χ0n) is 9.77. The van der Waals surface area contributed by atoms with E-state index in [4.69, 9.17) is 27.9 Å². The fourth-order valence-electron chi connectivity index (χ4n) is 1.53. The maximum Gasteiger partial charge on any atom is 0.342 e. The van der Waals surface area contributed by atoms with Gasteiger partial charge in [-0.3, -0.25) is 0 Å². The zero-order valence-corrected chi connectivity index (χ0v) is 11.3. The van der Waals surface area contributed by atoms with Gasteiger partial charge in [-0.05, 0) is 35.9 Å². The summed E-state index contributed by atoms with van der Waals surface area (Å²) in [5.74, 6) is -0.805. The highest BCUT2D eigenvalue weighted by Gasteiger charge is 2.13. The van der Waals surface area contributed by atoms with E-state index in [1.165, 1.54) is 18.2 Å². The number of hydrogen-bond acceptors (Lipinski definition) is 3. The first-order chi connectivity index (χ1) is 9.06. The molecule has 0 radical (unpaired) electrons. The number of esters is 1. The average Bonchev–Trinajstić information content (AvgIpc) is 2.39. The highest BCUT2D eigenvalue weighted by atomic mass is 35.5. The van der Waals surface area contributed by atoms with Gasteiger partial charge in [0.15, 0.2) is 0 Å². The highest BCUT2D eigenvalue weighted by molar-refractivity contribution is 6.31. The Hall–Kier alpha value is -1.71. The molecule has 0 saturated heterocycles. The minimum Gasteiger partial charge on any atom is -0.507 e. The SMILES string of the molecule is O=C(OCc1cccc(Cl)c1)c1cc(Cl)ccc1O. The number of halogens is 2. The van der Waals surface area contributed by atoms with Crippen molar-refractivity contribution in [3.05, 3.63) is 63.6 Å². The first-order valence-corrected chi connectivity index (χ1v) is 6.22. The van der Waals surface area contributed by atoms with Gasteiger partial charge < -0.3 is 9.84 Å². The van der Waals surface area contributed by atoms with Gasteiger partial charge in [-0.25, -0.2) is 4.79 Å². The fourth-order valence-corrected chi connectivity index (χ4v) is 1.91. The van der Waals surface area contributed by atoms with Crippen LogP contribution in [0.1, 0.15) is 15.9 Å². The lowest BCUT2D eigenvalue weighted by molar-refractivity contribution is 0.0469. The smallest absolute Gasteiger partial charge is 0.342 e. The number of rotatable bonds is 3. The molecule has 1 N–H and O–H groups in total. The Bertz CT molecular complexity index is 611. The van der Waals surface area contributed by atoms with Crippen molar-refractivity contribution in [2.45, 2.75) is 6.61 Å². The molecular weight excluding hydrogens is 287 g/mol. The van der Waals surface area contributed by atoms with Crippen molar-refractivity contribution >= 4 is 29.2 Å². The molecule has 0 spiro atoms. The molecule has 0 aromatic heterocycles. The zero-order chi connectivity index (χ0) is 13.8. The summed E-state index contributed by atoms with van der Waals surface area (Å²) in [4.78, 5) is 11.8. The molecule has 3 nitrogen and oxygen atoms in total. The molecule has 0 unspecified atom stereocenters. The Morgan fingerprint density at radius 2 is 1.84 bits per heavy atom. The summed E-state index contributed by atoms with van der Waals surface area (Å²) >= 11 is 11.6. The number of phenolic OH excluding ortho intramolecular Hbond substituents is 1. The van der Waals surface area contributed by atoms with Gasteiger partial charge in [-0.15, -0.1) is 0 Å². The van der Waals surface area contributed by atoms with E-state index in [-0.39, 0.29) is 17.9 Å². The molecule has 19 heavy (non-hydrogen) atoms. The van der Waals surface area contributed by atoms with Gasteiger partial charge >= 0.3 is 5.97 Å². The molecule has 0 amide bonds. The van der Waals surface area contributed by atoms with Crippen LogP contribution in [0.15, 0.2) is 42.5 Å². The predicted molar refractivity (Wildman–Crippen MR) is 73.7 cm³/mol. The van der Waals surface area contributed by atoms with E-state index in [0.29, 0.717) is 10.0 Å². The molecule has 2 aromatic rings. The van der Waals surface area contributed by atoms with Gasteiger partial charge in [-0.1, -0.05) is 35.3 Å². The monoisotopic (exact) mass is 296 g/mol. The number of benzene rings is 2. The topological polar surface area (TPSA) is 46.5 Å². The van der Waals surface area contributed by atoms with E-state index in [9.17, 15) is 9.90 Å². The highest BCUT2D eigenvalue weighted by Crippen LogP contribution is 2.22. The molecule has 2 aromatic carbocycles. The van der Waals surface area contributed by atoms with Crippen molar-refractivity contribution in [3.8, 4) is 5.75 Å². The normalized spacial score (nSPS) is 10.2. The Labute approximate surface area is 120 Å². The molecule has 0 bridgehead atoms.